The summed E-state index contributed by atoms with van der Waals surface area (Å²) in [5, 5.41) is 12.7. The van der Waals surface area contributed by atoms with E-state index in [1.54, 1.807) is 32.6 Å². The second-order valence-corrected chi connectivity index (χ2v) is 10.9. The number of aromatic carboxylic acids is 1. The maximum absolute atomic E-state index is 15.7. The number of morpholine rings is 1. The number of nitrogens with one attached hydrogen (secondary N) is 1. The van der Waals surface area contributed by atoms with Crippen molar-refractivity contribution in [1.29, 1.82) is 0 Å². The fourth-order valence-electron chi connectivity index (χ4n) is 6.08. The molecule has 0 amide bonds. The minimum Gasteiger partial charge on any atom is -0.477 e. The first-order chi connectivity index (χ1) is 20.1. The molecule has 4 aromatic rings. The van der Waals surface area contributed by atoms with Gasteiger partial charge >= 0.3 is 5.97 Å². The summed E-state index contributed by atoms with van der Waals surface area (Å²) in [6.45, 7) is 2.06. The zero-order valence-corrected chi connectivity index (χ0v) is 23.7. The topological polar surface area (TPSA) is 113 Å². The first kappa shape index (κ1) is 27.7. The highest BCUT2D eigenvalue weighted by Gasteiger charge is 2.35. The lowest BCUT2D eigenvalue weighted by atomic mass is 9.96. The van der Waals surface area contributed by atoms with Gasteiger partial charge in [0.25, 0.3) is 0 Å². The van der Waals surface area contributed by atoms with Gasteiger partial charge in [0.15, 0.2) is 11.6 Å². The number of halogens is 2. The number of anilines is 2. The van der Waals surface area contributed by atoms with Gasteiger partial charge in [-0.3, -0.25) is 9.78 Å². The van der Waals surface area contributed by atoms with Gasteiger partial charge in [-0.1, -0.05) is 0 Å². The first-order valence-electron chi connectivity index (χ1n) is 13.5. The van der Waals surface area contributed by atoms with Crippen molar-refractivity contribution in [3.05, 3.63) is 69.4 Å². The third-order valence-electron chi connectivity index (χ3n) is 7.90. The van der Waals surface area contributed by atoms with Crippen LogP contribution in [0.3, 0.4) is 0 Å². The maximum atomic E-state index is 15.7. The van der Waals surface area contributed by atoms with Crippen molar-refractivity contribution in [2.45, 2.75) is 12.5 Å². The number of pyridine rings is 3. The molecular weight excluding hydrogens is 546 g/mol. The molecule has 4 heterocycles. The number of likely N-dealkylation sites (N-methyl/N-ethyl adjacent to an activating group) is 1. The molecule has 1 fully saturated rings. The number of rotatable bonds is 6. The number of aryl methyl sites for hydroxylation is 1. The summed E-state index contributed by atoms with van der Waals surface area (Å²) < 4.78 is 38.1. The third kappa shape index (κ3) is 4.47. The molecule has 0 radical (unpaired) electrons. The molecule has 12 heteroatoms. The van der Waals surface area contributed by atoms with E-state index in [0.29, 0.717) is 77.6 Å². The zero-order valence-electron chi connectivity index (χ0n) is 23.7. The predicted octanol–water partition coefficient (Wildman–Crippen LogP) is 3.35. The molecule has 2 aliphatic rings. The van der Waals surface area contributed by atoms with Crippen LogP contribution in [0.2, 0.25) is 0 Å². The van der Waals surface area contributed by atoms with E-state index in [1.165, 1.54) is 10.8 Å². The number of hydrogen-bond acceptors (Lipinski definition) is 8. The number of carboxylic acids is 1. The molecule has 3 aromatic heterocycles. The van der Waals surface area contributed by atoms with E-state index in [0.717, 1.165) is 6.07 Å². The molecular formula is C30H30F2N6O4. The number of nitrogens with zero attached hydrogens (tertiary/aromatic N) is 5. The number of hydrogen-bond donors (Lipinski definition) is 2. The molecule has 42 heavy (non-hydrogen) atoms. The number of carboxylic acid groups (broad SMARTS) is 1. The fraction of sp³-hybridized carbons (Fsp3) is 0.333. The van der Waals surface area contributed by atoms with Gasteiger partial charge in [-0.2, -0.15) is 0 Å². The molecule has 0 saturated carbocycles. The third-order valence-corrected chi connectivity index (χ3v) is 7.90. The molecule has 10 nitrogen and oxygen atoms in total. The lowest BCUT2D eigenvalue weighted by molar-refractivity contribution is 0.0248. The number of fused-ring (bicyclic) bond motifs is 4. The number of ether oxygens (including phenoxy) is 1. The summed E-state index contributed by atoms with van der Waals surface area (Å²) in [6, 6.07) is 2.75. The van der Waals surface area contributed by atoms with Crippen LogP contribution >= 0.6 is 0 Å². The highest BCUT2D eigenvalue weighted by atomic mass is 19.2. The van der Waals surface area contributed by atoms with Gasteiger partial charge in [0.2, 0.25) is 5.43 Å². The molecule has 1 aliphatic carbocycles. The van der Waals surface area contributed by atoms with Gasteiger partial charge in [0.1, 0.15) is 11.2 Å². The Morgan fingerprint density at radius 1 is 1.21 bits per heavy atom. The summed E-state index contributed by atoms with van der Waals surface area (Å²) in [5.74, 6) is -3.25. The SMILES string of the molecule is CNc1cc(F)c(F)c2c1Cc1ncc(-c3cnc4c(c3)c(=O)c(C(=O)O)cn4C)c(N3CCOC(CN(C)C)C3)c1-2. The highest BCUT2D eigenvalue weighted by Crippen LogP contribution is 2.50. The average Bonchev–Trinajstić information content (AvgIpc) is 3.35. The van der Waals surface area contributed by atoms with Crippen LogP contribution in [0, 0.1) is 11.6 Å². The fourth-order valence-corrected chi connectivity index (χ4v) is 6.08. The summed E-state index contributed by atoms with van der Waals surface area (Å²) >= 11 is 0. The standard InChI is InChI=1S/C30H30F2N6O4/c1-33-22-9-21(31)26(32)24-17(22)8-23-25(24)27(38-5-6-42-16(13-38)12-36(2)3)19(11-34-23)15-7-18-28(39)20(30(40)41)14-37(4)29(18)35-10-15/h7,9-11,14,16,33H,5-6,8,12-13H2,1-4H3,(H,40,41). The van der Waals surface area contributed by atoms with Crippen LogP contribution in [-0.4, -0.2) is 84.0 Å². The Morgan fingerprint density at radius 3 is 2.71 bits per heavy atom. The Bertz CT molecular complexity index is 1820. The minimum absolute atomic E-state index is 0.129. The molecule has 0 bridgehead atoms. The molecule has 1 aromatic carbocycles. The summed E-state index contributed by atoms with van der Waals surface area (Å²) in [5.41, 5.74) is 3.37. The average molecular weight is 577 g/mol. The van der Waals surface area contributed by atoms with E-state index in [9.17, 15) is 19.1 Å². The van der Waals surface area contributed by atoms with Crippen molar-refractivity contribution in [3.63, 3.8) is 0 Å². The molecule has 1 atom stereocenters. The smallest absolute Gasteiger partial charge is 0.341 e. The van der Waals surface area contributed by atoms with E-state index in [-0.39, 0.29) is 22.6 Å². The maximum Gasteiger partial charge on any atom is 0.341 e. The summed E-state index contributed by atoms with van der Waals surface area (Å²) in [4.78, 5) is 38.2. The van der Waals surface area contributed by atoms with Crippen molar-refractivity contribution in [3.8, 4) is 22.3 Å². The monoisotopic (exact) mass is 576 g/mol. The number of benzene rings is 1. The first-order valence-corrected chi connectivity index (χ1v) is 13.5. The van der Waals surface area contributed by atoms with Crippen LogP contribution < -0.4 is 15.6 Å². The van der Waals surface area contributed by atoms with Crippen LogP contribution in [0.5, 0.6) is 0 Å². The van der Waals surface area contributed by atoms with Crippen molar-refractivity contribution < 1.29 is 23.4 Å². The minimum atomic E-state index is -1.34. The largest absolute Gasteiger partial charge is 0.477 e. The van der Waals surface area contributed by atoms with Crippen molar-refractivity contribution in [1.82, 2.24) is 19.4 Å². The Labute approximate surface area is 240 Å². The Kier molecular flexibility index (Phi) is 6.90. The van der Waals surface area contributed by atoms with Crippen LogP contribution in [0.1, 0.15) is 21.6 Å². The van der Waals surface area contributed by atoms with Crippen LogP contribution in [0.25, 0.3) is 33.3 Å². The zero-order chi connectivity index (χ0) is 29.9. The second-order valence-electron chi connectivity index (χ2n) is 10.9. The normalized spacial score (nSPS) is 16.2. The Morgan fingerprint density at radius 2 is 2.00 bits per heavy atom. The number of aromatic nitrogens is 3. The van der Waals surface area contributed by atoms with Gasteiger partial charge < -0.3 is 29.5 Å². The Hall–Kier alpha value is -4.42. The van der Waals surface area contributed by atoms with E-state index in [2.05, 4.69) is 15.2 Å². The van der Waals surface area contributed by atoms with E-state index in [4.69, 9.17) is 9.72 Å². The van der Waals surface area contributed by atoms with Gasteiger partial charge in [-0.15, -0.1) is 0 Å². The van der Waals surface area contributed by atoms with E-state index in [1.807, 2.05) is 19.0 Å². The van der Waals surface area contributed by atoms with Gasteiger partial charge in [-0.25, -0.2) is 18.6 Å². The lowest BCUT2D eigenvalue weighted by Crippen LogP contribution is -2.46. The summed E-state index contributed by atoms with van der Waals surface area (Å²) in [6.07, 6.45) is 4.67. The van der Waals surface area contributed by atoms with Crippen LogP contribution in [0.15, 0.2) is 35.5 Å². The Balaban J connectivity index is 1.62. The lowest BCUT2D eigenvalue weighted by Gasteiger charge is -2.37. The molecule has 2 N–H and O–H groups in total. The van der Waals surface area contributed by atoms with Gasteiger partial charge in [0, 0.05) is 92.7 Å². The van der Waals surface area contributed by atoms with Gasteiger partial charge in [0.05, 0.1) is 29.5 Å². The second kappa shape index (κ2) is 10.4. The molecule has 6 rings (SSSR count). The van der Waals surface area contributed by atoms with Crippen molar-refractivity contribution in [2.24, 2.45) is 7.05 Å². The van der Waals surface area contributed by atoms with Crippen molar-refractivity contribution >= 4 is 28.4 Å². The number of carbonyl (C=O) groups is 1. The van der Waals surface area contributed by atoms with Gasteiger partial charge in [-0.05, 0) is 25.7 Å². The summed E-state index contributed by atoms with van der Waals surface area (Å²) in [7, 11) is 7.20. The van der Waals surface area contributed by atoms with E-state index >= 15 is 4.39 Å². The van der Waals surface area contributed by atoms with Crippen molar-refractivity contribution in [2.75, 3.05) is 57.6 Å². The quantitative estimate of drug-likeness (QED) is 0.314. The highest BCUT2D eigenvalue weighted by molar-refractivity contribution is 5.98. The molecule has 1 aliphatic heterocycles. The molecule has 0 spiro atoms. The van der Waals surface area contributed by atoms with E-state index < -0.39 is 23.0 Å². The molecule has 1 saturated heterocycles. The predicted molar refractivity (Wildman–Crippen MR) is 155 cm³/mol. The molecule has 1 unspecified atom stereocenters. The van der Waals surface area contributed by atoms with Crippen LogP contribution in [-0.2, 0) is 18.2 Å². The van der Waals surface area contributed by atoms with Crippen LogP contribution in [0.4, 0.5) is 20.2 Å². The molecule has 218 valence electrons.